The van der Waals surface area contributed by atoms with Gasteiger partial charge in [-0.25, -0.2) is 0 Å². The fourth-order valence-electron chi connectivity index (χ4n) is 3.97. The van der Waals surface area contributed by atoms with Crippen LogP contribution >= 0.6 is 34.8 Å². The number of anilines is 1. The van der Waals surface area contributed by atoms with Crippen LogP contribution in [0, 0.1) is 0 Å². The molecule has 3 aromatic carbocycles. The molecule has 1 unspecified atom stereocenters. The van der Waals surface area contributed by atoms with Gasteiger partial charge in [0.2, 0.25) is 0 Å². The van der Waals surface area contributed by atoms with Crippen molar-refractivity contribution in [3.05, 3.63) is 92.9 Å². The van der Waals surface area contributed by atoms with Crippen molar-refractivity contribution in [2.24, 2.45) is 0 Å². The van der Waals surface area contributed by atoms with E-state index in [1.807, 2.05) is 18.2 Å². The van der Waals surface area contributed by atoms with E-state index < -0.39 is 12.0 Å². The molecule has 1 fully saturated rings. The Labute approximate surface area is 201 Å². The number of halogens is 3. The molecule has 1 saturated heterocycles. The van der Waals surface area contributed by atoms with Crippen LogP contribution in [0.2, 0.25) is 15.1 Å². The highest BCUT2D eigenvalue weighted by atomic mass is 35.5. The van der Waals surface area contributed by atoms with Gasteiger partial charge >= 0.3 is 0 Å². The fourth-order valence-corrected chi connectivity index (χ4v) is 4.61. The van der Waals surface area contributed by atoms with Crippen molar-refractivity contribution in [1.29, 1.82) is 0 Å². The number of aliphatic hydroxyl groups excluding tert-OH is 1. The minimum Gasteiger partial charge on any atom is -0.508 e. The summed E-state index contributed by atoms with van der Waals surface area (Å²) >= 11 is 18.7. The average Bonchev–Trinajstić information content (AvgIpc) is 2.78. The molecule has 0 aliphatic carbocycles. The fraction of sp³-hybridized carbons (Fsp3) is 0.208. The topological polar surface area (TPSA) is 64.0 Å². The maximum absolute atomic E-state index is 13.1. The number of hydrogen-bond acceptors (Lipinski definition) is 4. The van der Waals surface area contributed by atoms with E-state index in [2.05, 4.69) is 4.90 Å². The summed E-state index contributed by atoms with van der Waals surface area (Å²) in [5.41, 5.74) is 2.13. The Bertz CT molecular complexity index is 1120. The summed E-state index contributed by atoms with van der Waals surface area (Å²) in [6.45, 7) is 1.25. The second-order valence-electron chi connectivity index (χ2n) is 7.64. The van der Waals surface area contributed by atoms with Gasteiger partial charge in [0.1, 0.15) is 5.75 Å². The normalized spacial score (nSPS) is 17.3. The first-order valence-corrected chi connectivity index (χ1v) is 11.2. The Morgan fingerprint density at radius 3 is 2.34 bits per heavy atom. The second-order valence-corrected chi connectivity index (χ2v) is 8.92. The summed E-state index contributed by atoms with van der Waals surface area (Å²) < 4.78 is 0. The molecule has 5 nitrogen and oxygen atoms in total. The van der Waals surface area contributed by atoms with E-state index in [-0.39, 0.29) is 11.8 Å². The Balaban J connectivity index is 1.64. The summed E-state index contributed by atoms with van der Waals surface area (Å²) in [6.07, 6.45) is -1.36. The van der Waals surface area contributed by atoms with Crippen LogP contribution in [-0.4, -0.2) is 40.7 Å². The van der Waals surface area contributed by atoms with Gasteiger partial charge in [-0.1, -0.05) is 59.1 Å². The molecule has 0 radical (unpaired) electrons. The molecule has 4 rings (SSSR count). The molecule has 1 aliphatic heterocycles. The molecule has 1 heterocycles. The van der Waals surface area contributed by atoms with Crippen molar-refractivity contribution < 1.29 is 15.0 Å². The first-order valence-electron chi connectivity index (χ1n) is 10.1. The van der Waals surface area contributed by atoms with Crippen molar-refractivity contribution in [2.45, 2.75) is 12.1 Å². The summed E-state index contributed by atoms with van der Waals surface area (Å²) in [6, 6.07) is 18.7. The minimum atomic E-state index is -1.36. The van der Waals surface area contributed by atoms with E-state index in [0.717, 1.165) is 11.3 Å². The van der Waals surface area contributed by atoms with E-state index in [1.54, 1.807) is 41.3 Å². The van der Waals surface area contributed by atoms with Gasteiger partial charge in [0.25, 0.3) is 5.91 Å². The van der Waals surface area contributed by atoms with Gasteiger partial charge in [0.15, 0.2) is 6.10 Å². The highest BCUT2D eigenvalue weighted by Crippen LogP contribution is 2.37. The molecule has 1 aliphatic rings. The first kappa shape index (κ1) is 22.7. The van der Waals surface area contributed by atoms with Gasteiger partial charge in [-0.05, 0) is 53.6 Å². The molecule has 1 amide bonds. The zero-order valence-corrected chi connectivity index (χ0v) is 19.2. The molecule has 3 aromatic rings. The number of hydrogen-bond donors (Lipinski definition) is 2. The molecule has 0 saturated carbocycles. The summed E-state index contributed by atoms with van der Waals surface area (Å²) in [5, 5.41) is 22.0. The third-order valence-electron chi connectivity index (χ3n) is 5.59. The Morgan fingerprint density at radius 2 is 1.66 bits per heavy atom. The van der Waals surface area contributed by atoms with Crippen LogP contribution in [0.5, 0.6) is 5.75 Å². The zero-order valence-electron chi connectivity index (χ0n) is 17.0. The van der Waals surface area contributed by atoms with E-state index in [4.69, 9.17) is 34.8 Å². The van der Waals surface area contributed by atoms with Crippen molar-refractivity contribution in [1.82, 2.24) is 4.90 Å². The molecule has 166 valence electrons. The highest BCUT2D eigenvalue weighted by Gasteiger charge is 2.34. The SMILES string of the molecule is O=C(C(O)c1cccc(O)c1)N1CCN(c2ccc(Cl)cc2Cl)[C@H](c2ccc(Cl)cc2)C1. The van der Waals surface area contributed by atoms with Crippen LogP contribution in [0.4, 0.5) is 5.69 Å². The van der Waals surface area contributed by atoms with Gasteiger partial charge in [-0.3, -0.25) is 4.79 Å². The van der Waals surface area contributed by atoms with Gasteiger partial charge in [-0.15, -0.1) is 0 Å². The third kappa shape index (κ3) is 4.81. The quantitative estimate of drug-likeness (QED) is 0.507. The summed E-state index contributed by atoms with van der Waals surface area (Å²) in [5.74, 6) is -0.424. The van der Waals surface area contributed by atoms with Gasteiger partial charge < -0.3 is 20.0 Å². The number of nitrogens with zero attached hydrogens (tertiary/aromatic N) is 2. The maximum atomic E-state index is 13.1. The lowest BCUT2D eigenvalue weighted by Gasteiger charge is -2.44. The molecule has 2 atom stereocenters. The number of piperazine rings is 1. The van der Waals surface area contributed by atoms with E-state index in [0.29, 0.717) is 40.3 Å². The predicted octanol–water partition coefficient (Wildman–Crippen LogP) is 5.48. The molecule has 0 spiro atoms. The number of benzene rings is 3. The molecule has 32 heavy (non-hydrogen) atoms. The van der Waals surface area contributed by atoms with Crippen LogP contribution in [0.1, 0.15) is 23.3 Å². The lowest BCUT2D eigenvalue weighted by Crippen LogP contribution is -2.51. The van der Waals surface area contributed by atoms with Crippen molar-refractivity contribution in [3.8, 4) is 5.75 Å². The standard InChI is InChI=1S/C24H21Cl3N2O3/c25-17-6-4-15(5-7-17)22-14-28(24(32)23(31)16-2-1-3-19(30)12-16)10-11-29(22)21-9-8-18(26)13-20(21)27/h1-9,12-13,22-23,30-31H,10-11,14H2/t22-,23?/m0/s1. The van der Waals surface area contributed by atoms with Crippen LogP contribution in [0.15, 0.2) is 66.7 Å². The number of carbonyl (C=O) groups excluding carboxylic acids is 1. The zero-order chi connectivity index (χ0) is 22.8. The lowest BCUT2D eigenvalue weighted by atomic mass is 10.00. The molecule has 8 heteroatoms. The highest BCUT2D eigenvalue weighted by molar-refractivity contribution is 6.36. The predicted molar refractivity (Wildman–Crippen MR) is 128 cm³/mol. The van der Waals surface area contributed by atoms with Gasteiger partial charge in [-0.2, -0.15) is 0 Å². The molecule has 0 aromatic heterocycles. The molecular formula is C24H21Cl3N2O3. The summed E-state index contributed by atoms with van der Waals surface area (Å²) in [7, 11) is 0. The average molecular weight is 492 g/mol. The van der Waals surface area contributed by atoms with E-state index >= 15 is 0 Å². The number of rotatable bonds is 4. The van der Waals surface area contributed by atoms with E-state index in [9.17, 15) is 15.0 Å². The smallest absolute Gasteiger partial charge is 0.256 e. The number of amides is 1. The van der Waals surface area contributed by atoms with Crippen LogP contribution in [-0.2, 0) is 4.79 Å². The van der Waals surface area contributed by atoms with Crippen LogP contribution in [0.25, 0.3) is 0 Å². The Kier molecular flexibility index (Phi) is 6.82. The first-order chi connectivity index (χ1) is 15.3. The van der Waals surface area contributed by atoms with Crippen molar-refractivity contribution in [2.75, 3.05) is 24.5 Å². The van der Waals surface area contributed by atoms with E-state index in [1.165, 1.54) is 12.1 Å². The van der Waals surface area contributed by atoms with Crippen molar-refractivity contribution >= 4 is 46.4 Å². The number of phenolic OH excluding ortho intramolecular Hbond substituents is 1. The van der Waals surface area contributed by atoms with Crippen LogP contribution in [0.3, 0.4) is 0 Å². The number of aliphatic hydroxyl groups is 1. The summed E-state index contributed by atoms with van der Waals surface area (Å²) in [4.78, 5) is 16.9. The number of phenols is 1. The van der Waals surface area contributed by atoms with Gasteiger partial charge in [0, 0.05) is 29.7 Å². The second kappa shape index (κ2) is 9.59. The maximum Gasteiger partial charge on any atom is 0.256 e. The lowest BCUT2D eigenvalue weighted by molar-refractivity contribution is -0.141. The monoisotopic (exact) mass is 490 g/mol. The van der Waals surface area contributed by atoms with Crippen LogP contribution < -0.4 is 4.90 Å². The Morgan fingerprint density at radius 1 is 0.938 bits per heavy atom. The number of carbonyl (C=O) groups is 1. The number of aromatic hydroxyl groups is 1. The minimum absolute atomic E-state index is 0.00408. The molecule has 2 N–H and O–H groups in total. The third-order valence-corrected chi connectivity index (χ3v) is 6.38. The van der Waals surface area contributed by atoms with Crippen molar-refractivity contribution in [3.63, 3.8) is 0 Å². The Hall–Kier alpha value is -2.44. The largest absolute Gasteiger partial charge is 0.508 e. The molecular weight excluding hydrogens is 471 g/mol. The van der Waals surface area contributed by atoms with Gasteiger partial charge in [0.05, 0.1) is 16.8 Å². The molecule has 0 bridgehead atoms.